The normalized spacial score (nSPS) is 20.8. The minimum atomic E-state index is -0.160. The van der Waals surface area contributed by atoms with E-state index in [9.17, 15) is 9.18 Å². The van der Waals surface area contributed by atoms with Crippen LogP contribution in [-0.2, 0) is 11.2 Å². The lowest BCUT2D eigenvalue weighted by molar-refractivity contribution is -0.138. The third-order valence-corrected chi connectivity index (χ3v) is 4.47. The van der Waals surface area contributed by atoms with E-state index >= 15 is 0 Å². The van der Waals surface area contributed by atoms with Gasteiger partial charge in [0.1, 0.15) is 5.82 Å². The molecule has 2 fully saturated rings. The molecule has 108 valence electrons. The fourth-order valence-electron chi connectivity index (χ4n) is 3.08. The molecule has 1 amide bonds. The van der Waals surface area contributed by atoms with Gasteiger partial charge in [0.15, 0.2) is 0 Å². The van der Waals surface area contributed by atoms with Gasteiger partial charge in [-0.25, -0.2) is 4.39 Å². The lowest BCUT2D eigenvalue weighted by atomic mass is 9.89. The van der Waals surface area contributed by atoms with Gasteiger partial charge < -0.3 is 10.2 Å². The Morgan fingerprint density at radius 2 is 2.05 bits per heavy atom. The van der Waals surface area contributed by atoms with Crippen LogP contribution in [0.15, 0.2) is 24.3 Å². The van der Waals surface area contributed by atoms with Crippen molar-refractivity contribution < 1.29 is 9.18 Å². The van der Waals surface area contributed by atoms with Crippen molar-refractivity contribution in [2.45, 2.75) is 19.3 Å². The van der Waals surface area contributed by atoms with Crippen LogP contribution in [0.2, 0.25) is 0 Å². The summed E-state index contributed by atoms with van der Waals surface area (Å²) < 4.78 is 13.2. The molecule has 0 radical (unpaired) electrons. The van der Waals surface area contributed by atoms with E-state index in [0.29, 0.717) is 11.8 Å². The van der Waals surface area contributed by atoms with Gasteiger partial charge in [0.05, 0.1) is 5.92 Å². The predicted octanol–water partition coefficient (Wildman–Crippen LogP) is 1.83. The number of nitrogens with zero attached hydrogens (tertiary/aromatic N) is 1. The number of nitrogens with one attached hydrogen (secondary N) is 1. The first kappa shape index (κ1) is 13.6. The highest BCUT2D eigenvalue weighted by molar-refractivity contribution is 5.80. The summed E-state index contributed by atoms with van der Waals surface area (Å²) in [4.78, 5) is 14.1. The van der Waals surface area contributed by atoms with E-state index in [2.05, 4.69) is 5.32 Å². The molecule has 20 heavy (non-hydrogen) atoms. The van der Waals surface area contributed by atoms with Crippen LogP contribution in [0.25, 0.3) is 0 Å². The fourth-order valence-corrected chi connectivity index (χ4v) is 3.08. The van der Waals surface area contributed by atoms with Gasteiger partial charge in [-0.1, -0.05) is 12.1 Å². The van der Waals surface area contributed by atoms with Crippen LogP contribution in [-0.4, -0.2) is 37.0 Å². The Kier molecular flexibility index (Phi) is 4.01. The number of benzene rings is 1. The first-order valence-electron chi connectivity index (χ1n) is 7.46. The van der Waals surface area contributed by atoms with E-state index in [1.54, 1.807) is 12.1 Å². The molecule has 0 saturated carbocycles. The molecule has 3 nitrogen and oxygen atoms in total. The van der Waals surface area contributed by atoms with Crippen molar-refractivity contribution in [3.8, 4) is 0 Å². The van der Waals surface area contributed by atoms with E-state index < -0.39 is 0 Å². The summed E-state index contributed by atoms with van der Waals surface area (Å²) in [5.41, 5.74) is 1.07. The summed E-state index contributed by atoms with van der Waals surface area (Å²) in [6.07, 6.45) is 2.98. The maximum absolute atomic E-state index is 13.2. The summed E-state index contributed by atoms with van der Waals surface area (Å²) in [7, 11) is 0. The largest absolute Gasteiger partial charge is 0.342 e. The predicted molar refractivity (Wildman–Crippen MR) is 75.8 cm³/mol. The molecule has 1 N–H and O–H groups in total. The Morgan fingerprint density at radius 1 is 1.30 bits per heavy atom. The molecule has 0 atom stereocenters. The van der Waals surface area contributed by atoms with Gasteiger partial charge in [-0.3, -0.25) is 4.79 Å². The van der Waals surface area contributed by atoms with Crippen LogP contribution in [0, 0.1) is 17.7 Å². The minimum Gasteiger partial charge on any atom is -0.342 e. The van der Waals surface area contributed by atoms with Crippen LogP contribution < -0.4 is 5.32 Å². The van der Waals surface area contributed by atoms with Crippen molar-refractivity contribution in [3.05, 3.63) is 35.6 Å². The van der Waals surface area contributed by atoms with Crippen LogP contribution in [0.3, 0.4) is 0 Å². The summed E-state index contributed by atoms with van der Waals surface area (Å²) >= 11 is 0. The van der Waals surface area contributed by atoms with Gasteiger partial charge in [0.2, 0.25) is 5.91 Å². The number of rotatable bonds is 3. The summed E-state index contributed by atoms with van der Waals surface area (Å²) in [5, 5.41) is 3.14. The van der Waals surface area contributed by atoms with E-state index in [-0.39, 0.29) is 11.7 Å². The number of hydrogen-bond donors (Lipinski definition) is 1. The van der Waals surface area contributed by atoms with Crippen molar-refractivity contribution in [1.29, 1.82) is 0 Å². The molecule has 0 aromatic heterocycles. The Balaban J connectivity index is 1.49. The molecule has 1 aromatic rings. The van der Waals surface area contributed by atoms with Crippen molar-refractivity contribution >= 4 is 5.91 Å². The molecule has 0 unspecified atom stereocenters. The molecule has 2 heterocycles. The van der Waals surface area contributed by atoms with Crippen LogP contribution in [0.4, 0.5) is 4.39 Å². The van der Waals surface area contributed by atoms with Crippen LogP contribution >= 0.6 is 0 Å². The summed E-state index contributed by atoms with van der Waals surface area (Å²) in [5.74, 6) is 0.927. The van der Waals surface area contributed by atoms with Crippen LogP contribution in [0.1, 0.15) is 18.4 Å². The molecule has 2 saturated heterocycles. The lowest BCUT2D eigenvalue weighted by Gasteiger charge is -2.37. The zero-order valence-electron chi connectivity index (χ0n) is 11.6. The summed E-state index contributed by atoms with van der Waals surface area (Å²) in [6.45, 7) is 3.38. The molecular weight excluding hydrogens is 255 g/mol. The standard InChI is InChI=1S/C16H21FN2O/c17-15-3-1-2-13(9-15)8-12-4-6-19(7-5-12)16(20)14-10-18-11-14/h1-3,9,12,14,18H,4-8,10-11H2. The zero-order chi connectivity index (χ0) is 13.9. The fraction of sp³-hybridized carbons (Fsp3) is 0.562. The molecule has 3 rings (SSSR count). The second-order valence-electron chi connectivity index (χ2n) is 5.96. The molecule has 0 aliphatic carbocycles. The number of amides is 1. The monoisotopic (exact) mass is 276 g/mol. The van der Waals surface area contributed by atoms with Gasteiger partial charge >= 0.3 is 0 Å². The van der Waals surface area contributed by atoms with Crippen molar-refractivity contribution in [2.24, 2.45) is 11.8 Å². The summed E-state index contributed by atoms with van der Waals surface area (Å²) in [6, 6.07) is 6.86. The average Bonchev–Trinajstić information content (AvgIpc) is 2.37. The first-order chi connectivity index (χ1) is 9.72. The zero-order valence-corrected chi connectivity index (χ0v) is 11.6. The maximum atomic E-state index is 13.2. The average molecular weight is 276 g/mol. The van der Waals surface area contributed by atoms with Gasteiger partial charge in [-0.15, -0.1) is 0 Å². The highest BCUT2D eigenvalue weighted by atomic mass is 19.1. The second kappa shape index (κ2) is 5.92. The van der Waals surface area contributed by atoms with Gasteiger partial charge in [-0.2, -0.15) is 0 Å². The third kappa shape index (κ3) is 3.01. The van der Waals surface area contributed by atoms with Crippen molar-refractivity contribution in [3.63, 3.8) is 0 Å². The number of hydrogen-bond acceptors (Lipinski definition) is 2. The second-order valence-corrected chi connectivity index (χ2v) is 5.96. The van der Waals surface area contributed by atoms with E-state index in [4.69, 9.17) is 0 Å². The number of piperidine rings is 1. The first-order valence-corrected chi connectivity index (χ1v) is 7.46. The Morgan fingerprint density at radius 3 is 2.65 bits per heavy atom. The number of halogens is 1. The van der Waals surface area contributed by atoms with Crippen molar-refractivity contribution in [2.75, 3.05) is 26.2 Å². The quantitative estimate of drug-likeness (QED) is 0.913. The Bertz CT molecular complexity index is 479. The van der Waals surface area contributed by atoms with Crippen molar-refractivity contribution in [1.82, 2.24) is 10.2 Å². The lowest BCUT2D eigenvalue weighted by Crippen LogP contribution is -2.53. The Labute approximate surface area is 119 Å². The maximum Gasteiger partial charge on any atom is 0.228 e. The molecule has 0 spiro atoms. The number of carbonyl (C=O) groups excluding carboxylic acids is 1. The smallest absolute Gasteiger partial charge is 0.228 e. The van der Waals surface area contributed by atoms with Gasteiger partial charge in [0, 0.05) is 26.2 Å². The highest BCUT2D eigenvalue weighted by Gasteiger charge is 2.31. The highest BCUT2D eigenvalue weighted by Crippen LogP contribution is 2.23. The molecular formula is C16H21FN2O. The molecule has 2 aliphatic rings. The molecule has 0 bridgehead atoms. The third-order valence-electron chi connectivity index (χ3n) is 4.47. The van der Waals surface area contributed by atoms with Gasteiger partial charge in [-0.05, 0) is 42.9 Å². The van der Waals surface area contributed by atoms with E-state index in [1.807, 2.05) is 11.0 Å². The molecule has 1 aromatic carbocycles. The SMILES string of the molecule is O=C(C1CNC1)N1CCC(Cc2cccc(F)c2)CC1. The van der Waals surface area contributed by atoms with Gasteiger partial charge in [0.25, 0.3) is 0 Å². The Hall–Kier alpha value is -1.42. The number of likely N-dealkylation sites (tertiary alicyclic amines) is 1. The minimum absolute atomic E-state index is 0.160. The number of carbonyl (C=O) groups is 1. The molecule has 4 heteroatoms. The van der Waals surface area contributed by atoms with Crippen LogP contribution in [0.5, 0.6) is 0 Å². The topological polar surface area (TPSA) is 32.3 Å². The van der Waals surface area contributed by atoms with E-state index in [1.165, 1.54) is 6.07 Å². The van der Waals surface area contributed by atoms with E-state index in [0.717, 1.165) is 51.0 Å². The molecule has 2 aliphatic heterocycles.